The van der Waals surface area contributed by atoms with E-state index >= 15 is 0 Å². The molecule has 0 N–H and O–H groups in total. The molecule has 1 aliphatic heterocycles. The van der Waals surface area contributed by atoms with Crippen molar-refractivity contribution in [2.45, 2.75) is 56.0 Å². The summed E-state index contributed by atoms with van der Waals surface area (Å²) >= 11 is 1.64. The van der Waals surface area contributed by atoms with E-state index in [9.17, 15) is 10.1 Å². The van der Waals surface area contributed by atoms with Crippen molar-refractivity contribution in [3.05, 3.63) is 39.9 Å². The van der Waals surface area contributed by atoms with Crippen LogP contribution >= 0.6 is 11.8 Å². The van der Waals surface area contributed by atoms with Crippen LogP contribution in [0.5, 0.6) is 0 Å². The minimum Gasteiger partial charge on any atom is -0.341 e. The summed E-state index contributed by atoms with van der Waals surface area (Å²) in [4.78, 5) is 13.1. The molecule has 1 aromatic carbocycles. The van der Waals surface area contributed by atoms with Gasteiger partial charge in [0.2, 0.25) is 5.95 Å². The number of benzene rings is 1. The largest absolute Gasteiger partial charge is 0.341 e. The molecule has 1 saturated heterocycles. The molecule has 0 spiro atoms. The molecule has 0 bridgehead atoms. The van der Waals surface area contributed by atoms with Gasteiger partial charge in [0, 0.05) is 36.5 Å². The predicted molar refractivity (Wildman–Crippen MR) is 106 cm³/mol. The molecule has 4 rings (SSSR count). The summed E-state index contributed by atoms with van der Waals surface area (Å²) in [6.45, 7) is 6.46. The first-order chi connectivity index (χ1) is 13.0. The molecule has 8 heteroatoms. The number of non-ortho nitro benzene ring substituents is 1. The second-order valence-corrected chi connectivity index (χ2v) is 8.97. The lowest BCUT2D eigenvalue weighted by molar-refractivity contribution is -0.384. The maximum atomic E-state index is 11.1. The third-order valence-electron chi connectivity index (χ3n) is 5.46. The molecule has 2 heterocycles. The molecule has 1 aromatic heterocycles. The van der Waals surface area contributed by atoms with E-state index in [1.807, 2.05) is 6.07 Å². The van der Waals surface area contributed by atoms with Gasteiger partial charge in [-0.2, -0.15) is 0 Å². The summed E-state index contributed by atoms with van der Waals surface area (Å²) in [6.07, 6.45) is 4.75. The highest BCUT2D eigenvalue weighted by atomic mass is 32.2. The lowest BCUT2D eigenvalue weighted by atomic mass is 10.00. The molecule has 7 nitrogen and oxygen atoms in total. The first kappa shape index (κ1) is 18.3. The molecule has 0 amide bonds. The lowest BCUT2D eigenvalue weighted by Gasteiger charge is -2.31. The van der Waals surface area contributed by atoms with Crippen LogP contribution in [0.4, 0.5) is 11.6 Å². The van der Waals surface area contributed by atoms with Gasteiger partial charge in [-0.25, -0.2) is 0 Å². The Bertz CT molecular complexity index is 827. The molecule has 1 saturated carbocycles. The zero-order chi connectivity index (χ0) is 19.0. The maximum absolute atomic E-state index is 11.1. The molecule has 0 radical (unpaired) electrons. The number of nitrogens with zero attached hydrogens (tertiary/aromatic N) is 5. The van der Waals surface area contributed by atoms with Crippen LogP contribution < -0.4 is 4.90 Å². The van der Waals surface area contributed by atoms with Gasteiger partial charge in [-0.05, 0) is 44.1 Å². The van der Waals surface area contributed by atoms with Crippen LogP contribution in [-0.4, -0.2) is 32.8 Å². The van der Waals surface area contributed by atoms with Gasteiger partial charge in [0.25, 0.3) is 5.69 Å². The number of hydrogen-bond donors (Lipinski definition) is 0. The van der Waals surface area contributed by atoms with Gasteiger partial charge < -0.3 is 4.90 Å². The number of rotatable bonds is 6. The Morgan fingerprint density at radius 3 is 2.63 bits per heavy atom. The standard InChI is InChI=1S/C19H25N5O2S/c1-13-8-10-22(11-9-13)18-20-21-19(23(18)16-6-7-16)27-14(2)15-4-3-5-17(12-15)24(25)26/h3-5,12-14,16H,6-11H2,1-2H3/t14-/m0/s1. The highest BCUT2D eigenvalue weighted by Gasteiger charge is 2.33. The minimum atomic E-state index is -0.344. The average molecular weight is 388 g/mol. The topological polar surface area (TPSA) is 77.1 Å². The third kappa shape index (κ3) is 3.95. The average Bonchev–Trinajstić information content (AvgIpc) is 3.43. The first-order valence-electron chi connectivity index (χ1n) is 9.64. The molecular formula is C19H25N5O2S. The quantitative estimate of drug-likeness (QED) is 0.409. The van der Waals surface area contributed by atoms with Gasteiger partial charge >= 0.3 is 0 Å². The first-order valence-corrected chi connectivity index (χ1v) is 10.5. The smallest absolute Gasteiger partial charge is 0.269 e. The maximum Gasteiger partial charge on any atom is 0.269 e. The van der Waals surface area contributed by atoms with E-state index in [4.69, 9.17) is 0 Å². The van der Waals surface area contributed by atoms with Crippen molar-refractivity contribution < 1.29 is 4.92 Å². The van der Waals surface area contributed by atoms with Crippen molar-refractivity contribution in [2.24, 2.45) is 5.92 Å². The number of hydrogen-bond acceptors (Lipinski definition) is 6. The van der Waals surface area contributed by atoms with Crippen molar-refractivity contribution in [3.63, 3.8) is 0 Å². The van der Waals surface area contributed by atoms with Gasteiger partial charge in [-0.15, -0.1) is 10.2 Å². The number of nitro groups is 1. The predicted octanol–water partition coefficient (Wildman–Crippen LogP) is 4.61. The Balaban J connectivity index is 1.55. The van der Waals surface area contributed by atoms with Crippen LogP contribution in [0.3, 0.4) is 0 Å². The van der Waals surface area contributed by atoms with Crippen molar-refractivity contribution in [1.82, 2.24) is 14.8 Å². The highest BCUT2D eigenvalue weighted by molar-refractivity contribution is 7.99. The van der Waals surface area contributed by atoms with Crippen LogP contribution in [0.15, 0.2) is 29.4 Å². The Labute approximate surface area is 163 Å². The molecule has 0 unspecified atom stereocenters. The van der Waals surface area contributed by atoms with E-state index in [1.54, 1.807) is 23.9 Å². The zero-order valence-corrected chi connectivity index (χ0v) is 16.6. The molecule has 1 atom stereocenters. The fourth-order valence-electron chi connectivity index (χ4n) is 3.54. The minimum absolute atomic E-state index is 0.0702. The summed E-state index contributed by atoms with van der Waals surface area (Å²) in [7, 11) is 0. The Kier molecular flexibility index (Phi) is 5.08. The fraction of sp³-hybridized carbons (Fsp3) is 0.579. The van der Waals surface area contributed by atoms with E-state index in [-0.39, 0.29) is 15.9 Å². The zero-order valence-electron chi connectivity index (χ0n) is 15.7. The van der Waals surface area contributed by atoms with Gasteiger partial charge in [-0.1, -0.05) is 30.8 Å². The molecule has 2 aromatic rings. The van der Waals surface area contributed by atoms with Gasteiger partial charge in [0.15, 0.2) is 5.16 Å². The van der Waals surface area contributed by atoms with Crippen molar-refractivity contribution >= 4 is 23.4 Å². The SMILES string of the molecule is CC1CCN(c2nnc(S[C@@H](C)c3cccc([N+](=O)[O-])c3)n2C2CC2)CC1. The number of nitro benzene ring substituents is 1. The summed E-state index contributed by atoms with van der Waals surface area (Å²) in [5, 5.41) is 21.1. The summed E-state index contributed by atoms with van der Waals surface area (Å²) < 4.78 is 2.30. The van der Waals surface area contributed by atoms with E-state index in [2.05, 4.69) is 33.5 Å². The fourth-order valence-corrected chi connectivity index (χ4v) is 4.57. The van der Waals surface area contributed by atoms with Crippen molar-refractivity contribution in [1.29, 1.82) is 0 Å². The number of piperidine rings is 1. The molecule has 2 fully saturated rings. The van der Waals surface area contributed by atoms with Crippen LogP contribution in [0, 0.1) is 16.0 Å². The second kappa shape index (κ2) is 7.50. The van der Waals surface area contributed by atoms with E-state index in [0.717, 1.165) is 35.7 Å². The summed E-state index contributed by atoms with van der Waals surface area (Å²) in [5.74, 6) is 1.78. The normalized spacial score (nSPS) is 19.3. The van der Waals surface area contributed by atoms with Crippen LogP contribution in [0.1, 0.15) is 56.4 Å². The molecule has 27 heavy (non-hydrogen) atoms. The van der Waals surface area contributed by atoms with E-state index in [0.29, 0.717) is 6.04 Å². The Morgan fingerprint density at radius 2 is 1.96 bits per heavy atom. The van der Waals surface area contributed by atoms with Crippen LogP contribution in [0.2, 0.25) is 0 Å². The van der Waals surface area contributed by atoms with Gasteiger partial charge in [0.05, 0.1) is 4.92 Å². The Hall–Kier alpha value is -2.09. The third-order valence-corrected chi connectivity index (χ3v) is 6.57. The van der Waals surface area contributed by atoms with Crippen LogP contribution in [0.25, 0.3) is 0 Å². The number of anilines is 1. The van der Waals surface area contributed by atoms with Crippen molar-refractivity contribution in [2.75, 3.05) is 18.0 Å². The summed E-state index contributed by atoms with van der Waals surface area (Å²) in [5.41, 5.74) is 1.07. The summed E-state index contributed by atoms with van der Waals surface area (Å²) in [6, 6.07) is 7.37. The lowest BCUT2D eigenvalue weighted by Crippen LogP contribution is -2.34. The van der Waals surface area contributed by atoms with E-state index in [1.165, 1.54) is 31.7 Å². The highest BCUT2D eigenvalue weighted by Crippen LogP contribution is 2.44. The van der Waals surface area contributed by atoms with Gasteiger partial charge in [0.1, 0.15) is 0 Å². The van der Waals surface area contributed by atoms with Gasteiger partial charge in [-0.3, -0.25) is 14.7 Å². The van der Waals surface area contributed by atoms with E-state index < -0.39 is 0 Å². The Morgan fingerprint density at radius 1 is 1.22 bits per heavy atom. The number of aromatic nitrogens is 3. The van der Waals surface area contributed by atoms with Crippen molar-refractivity contribution in [3.8, 4) is 0 Å². The molecule has 2 aliphatic rings. The number of thioether (sulfide) groups is 1. The monoisotopic (exact) mass is 387 g/mol. The molecular weight excluding hydrogens is 362 g/mol. The second-order valence-electron chi connectivity index (χ2n) is 7.67. The van der Waals surface area contributed by atoms with Crippen LogP contribution in [-0.2, 0) is 0 Å². The molecule has 1 aliphatic carbocycles. The molecule has 144 valence electrons.